The molecular weight excluding hydrogens is 292 g/mol. The van der Waals surface area contributed by atoms with Crippen molar-refractivity contribution in [2.24, 2.45) is 0 Å². The van der Waals surface area contributed by atoms with E-state index in [2.05, 4.69) is 26.0 Å². The molecule has 0 radical (unpaired) electrons. The Morgan fingerprint density at radius 2 is 2.24 bits per heavy atom. The molecule has 0 unspecified atom stereocenters. The van der Waals surface area contributed by atoms with Crippen LogP contribution in [0.5, 0.6) is 0 Å². The molecule has 1 aliphatic heterocycles. The quantitative estimate of drug-likeness (QED) is 0.642. The molecule has 1 atom stereocenters. The SMILES string of the molecule is COC(=O)C[C@@H]1C(=O)NC(=O)c2ccc(Br)n21. The van der Waals surface area contributed by atoms with Gasteiger partial charge in [0.1, 0.15) is 11.7 Å². The van der Waals surface area contributed by atoms with E-state index in [1.807, 2.05) is 0 Å². The van der Waals surface area contributed by atoms with Crippen LogP contribution in [0.2, 0.25) is 0 Å². The van der Waals surface area contributed by atoms with Crippen LogP contribution in [0.3, 0.4) is 0 Å². The molecule has 17 heavy (non-hydrogen) atoms. The lowest BCUT2D eigenvalue weighted by Gasteiger charge is -2.24. The molecule has 0 fully saturated rings. The first-order valence-electron chi connectivity index (χ1n) is 4.83. The van der Waals surface area contributed by atoms with Crippen molar-refractivity contribution in [2.75, 3.05) is 7.11 Å². The van der Waals surface area contributed by atoms with Crippen LogP contribution in [0, 0.1) is 0 Å². The largest absolute Gasteiger partial charge is 0.469 e. The van der Waals surface area contributed by atoms with Gasteiger partial charge in [-0.15, -0.1) is 0 Å². The van der Waals surface area contributed by atoms with Gasteiger partial charge in [0.05, 0.1) is 18.1 Å². The number of nitrogens with zero attached hydrogens (tertiary/aromatic N) is 1. The van der Waals surface area contributed by atoms with E-state index < -0.39 is 23.8 Å². The first-order chi connectivity index (χ1) is 8.04. The third kappa shape index (κ3) is 1.97. The van der Waals surface area contributed by atoms with Gasteiger partial charge in [-0.05, 0) is 28.1 Å². The summed E-state index contributed by atoms with van der Waals surface area (Å²) < 4.78 is 6.59. The minimum atomic E-state index is -0.764. The van der Waals surface area contributed by atoms with Gasteiger partial charge < -0.3 is 9.30 Å². The van der Waals surface area contributed by atoms with Crippen LogP contribution < -0.4 is 5.32 Å². The van der Waals surface area contributed by atoms with Crippen LogP contribution in [0.4, 0.5) is 0 Å². The summed E-state index contributed by atoms with van der Waals surface area (Å²) in [7, 11) is 1.25. The molecule has 1 aliphatic rings. The topological polar surface area (TPSA) is 77.4 Å². The van der Waals surface area contributed by atoms with Crippen LogP contribution in [0.25, 0.3) is 0 Å². The van der Waals surface area contributed by atoms with E-state index in [1.165, 1.54) is 11.7 Å². The minimum absolute atomic E-state index is 0.115. The normalized spacial score (nSPS) is 18.6. The molecule has 0 bridgehead atoms. The molecule has 0 spiro atoms. The van der Waals surface area contributed by atoms with Gasteiger partial charge in [0.2, 0.25) is 0 Å². The van der Waals surface area contributed by atoms with Crippen molar-refractivity contribution < 1.29 is 19.1 Å². The molecule has 0 saturated carbocycles. The fourth-order valence-corrected chi connectivity index (χ4v) is 2.30. The molecule has 2 rings (SSSR count). The summed E-state index contributed by atoms with van der Waals surface area (Å²) in [4.78, 5) is 34.4. The zero-order valence-electron chi connectivity index (χ0n) is 8.90. The molecule has 2 amide bonds. The number of nitrogens with one attached hydrogen (secondary N) is 1. The zero-order chi connectivity index (χ0) is 12.6. The smallest absolute Gasteiger partial charge is 0.308 e. The fraction of sp³-hybridized carbons (Fsp3) is 0.300. The van der Waals surface area contributed by atoms with E-state index in [0.717, 1.165) is 0 Å². The highest BCUT2D eigenvalue weighted by Gasteiger charge is 2.34. The number of aromatic nitrogens is 1. The monoisotopic (exact) mass is 300 g/mol. The molecular formula is C10H9BrN2O4. The van der Waals surface area contributed by atoms with Crippen molar-refractivity contribution in [3.05, 3.63) is 22.4 Å². The van der Waals surface area contributed by atoms with Crippen LogP contribution >= 0.6 is 15.9 Å². The predicted octanol–water partition coefficient (Wildman–Crippen LogP) is 0.625. The van der Waals surface area contributed by atoms with Crippen LogP contribution in [-0.4, -0.2) is 29.5 Å². The average molecular weight is 301 g/mol. The predicted molar refractivity (Wildman–Crippen MR) is 60.3 cm³/mol. The molecule has 1 N–H and O–H groups in total. The van der Waals surface area contributed by atoms with E-state index in [0.29, 0.717) is 10.3 Å². The van der Waals surface area contributed by atoms with Gasteiger partial charge >= 0.3 is 5.97 Å². The van der Waals surface area contributed by atoms with Gasteiger partial charge in [0.15, 0.2) is 0 Å². The number of halogens is 1. The Kier molecular flexibility index (Phi) is 3.01. The highest BCUT2D eigenvalue weighted by atomic mass is 79.9. The van der Waals surface area contributed by atoms with E-state index in [1.54, 1.807) is 12.1 Å². The third-order valence-corrected chi connectivity index (χ3v) is 3.19. The van der Waals surface area contributed by atoms with Crippen LogP contribution in [-0.2, 0) is 14.3 Å². The van der Waals surface area contributed by atoms with Crippen LogP contribution in [0.15, 0.2) is 16.7 Å². The molecule has 2 heterocycles. The zero-order valence-corrected chi connectivity index (χ0v) is 10.5. The number of ether oxygens (including phenoxy) is 1. The van der Waals surface area contributed by atoms with Gasteiger partial charge in [-0.25, -0.2) is 0 Å². The second-order valence-electron chi connectivity index (χ2n) is 3.53. The standard InChI is InChI=1S/C10H9BrN2O4/c1-17-8(14)4-6-10(16)12-9(15)5-2-3-7(11)13(5)6/h2-3,6H,4H2,1H3,(H,12,15,16)/t6-/m1/s1. The lowest BCUT2D eigenvalue weighted by atomic mass is 10.1. The van der Waals surface area contributed by atoms with Crippen molar-refractivity contribution in [3.63, 3.8) is 0 Å². The summed E-state index contributed by atoms with van der Waals surface area (Å²) >= 11 is 3.24. The first-order valence-corrected chi connectivity index (χ1v) is 5.62. The Labute approximate surface area is 105 Å². The third-order valence-electron chi connectivity index (χ3n) is 2.54. The van der Waals surface area contributed by atoms with Crippen molar-refractivity contribution in [2.45, 2.75) is 12.5 Å². The number of carbonyl (C=O) groups excluding carboxylic acids is 3. The number of rotatable bonds is 2. The minimum Gasteiger partial charge on any atom is -0.469 e. The molecule has 90 valence electrons. The maximum Gasteiger partial charge on any atom is 0.308 e. The number of fused-ring (bicyclic) bond motifs is 1. The number of hydrogen-bond donors (Lipinski definition) is 1. The van der Waals surface area contributed by atoms with Crippen molar-refractivity contribution >= 4 is 33.7 Å². The van der Waals surface area contributed by atoms with Crippen molar-refractivity contribution in [1.29, 1.82) is 0 Å². The summed E-state index contributed by atoms with van der Waals surface area (Å²) in [5, 5.41) is 2.20. The number of amides is 2. The van der Waals surface area contributed by atoms with E-state index >= 15 is 0 Å². The van der Waals surface area contributed by atoms with Gasteiger partial charge in [-0.3, -0.25) is 19.7 Å². The van der Waals surface area contributed by atoms with Crippen LogP contribution in [0.1, 0.15) is 23.0 Å². The number of hydrogen-bond acceptors (Lipinski definition) is 4. The Bertz CT molecular complexity index is 508. The van der Waals surface area contributed by atoms with E-state index in [-0.39, 0.29) is 6.42 Å². The summed E-state index contributed by atoms with van der Waals surface area (Å²) in [6.07, 6.45) is -0.115. The molecule has 7 heteroatoms. The van der Waals surface area contributed by atoms with Crippen molar-refractivity contribution in [1.82, 2.24) is 9.88 Å². The molecule has 1 aromatic rings. The second kappa shape index (κ2) is 4.33. The Balaban J connectivity index is 2.41. The lowest BCUT2D eigenvalue weighted by molar-refractivity contribution is -0.143. The fourth-order valence-electron chi connectivity index (χ4n) is 1.73. The van der Waals surface area contributed by atoms with E-state index in [4.69, 9.17) is 0 Å². The molecule has 1 aromatic heterocycles. The van der Waals surface area contributed by atoms with Gasteiger partial charge in [-0.2, -0.15) is 0 Å². The molecule has 0 aliphatic carbocycles. The summed E-state index contributed by atoms with van der Waals surface area (Å²) in [5.74, 6) is -1.49. The lowest BCUT2D eigenvalue weighted by Crippen LogP contribution is -2.44. The second-order valence-corrected chi connectivity index (χ2v) is 4.34. The van der Waals surface area contributed by atoms with Gasteiger partial charge in [-0.1, -0.05) is 0 Å². The Hall–Kier alpha value is -1.63. The average Bonchev–Trinajstić information content (AvgIpc) is 2.67. The summed E-state index contributed by atoms with van der Waals surface area (Å²) in [6, 6.07) is 2.47. The first kappa shape index (κ1) is 11.8. The van der Waals surface area contributed by atoms with E-state index in [9.17, 15) is 14.4 Å². The number of esters is 1. The number of methoxy groups -OCH3 is 1. The maximum atomic E-state index is 11.7. The van der Waals surface area contributed by atoms with Gasteiger partial charge in [0, 0.05) is 0 Å². The van der Waals surface area contributed by atoms with Crippen molar-refractivity contribution in [3.8, 4) is 0 Å². The van der Waals surface area contributed by atoms with Gasteiger partial charge in [0.25, 0.3) is 11.8 Å². The Morgan fingerprint density at radius 1 is 1.53 bits per heavy atom. The summed E-state index contributed by atoms with van der Waals surface area (Å²) in [5.41, 5.74) is 0.338. The maximum absolute atomic E-state index is 11.7. The Morgan fingerprint density at radius 3 is 2.88 bits per heavy atom. The number of carbonyl (C=O) groups is 3. The highest BCUT2D eigenvalue weighted by Crippen LogP contribution is 2.27. The molecule has 0 saturated heterocycles. The molecule has 6 nitrogen and oxygen atoms in total. The number of imide groups is 1. The highest BCUT2D eigenvalue weighted by molar-refractivity contribution is 9.10. The molecule has 0 aromatic carbocycles. The summed E-state index contributed by atoms with van der Waals surface area (Å²) in [6.45, 7) is 0.